The quantitative estimate of drug-likeness (QED) is 0.749. The van der Waals surface area contributed by atoms with E-state index >= 15 is 0 Å². The van der Waals surface area contributed by atoms with Crippen molar-refractivity contribution >= 4 is 11.8 Å². The number of carbonyl (C=O) groups is 2. The third kappa shape index (κ3) is 6.35. The van der Waals surface area contributed by atoms with Crippen LogP contribution in [0.25, 0.3) is 0 Å². The fourth-order valence-electron chi connectivity index (χ4n) is 3.11. The predicted molar refractivity (Wildman–Crippen MR) is 110 cm³/mol. The van der Waals surface area contributed by atoms with Crippen molar-refractivity contribution in [3.05, 3.63) is 66.0 Å². The van der Waals surface area contributed by atoms with Crippen LogP contribution in [0.4, 0.5) is 0 Å². The maximum atomic E-state index is 12.4. The molecule has 1 saturated heterocycles. The van der Waals surface area contributed by atoms with Crippen molar-refractivity contribution in [2.75, 3.05) is 26.3 Å². The number of nitrogens with zero attached hydrogens (tertiary/aromatic N) is 1. The summed E-state index contributed by atoms with van der Waals surface area (Å²) in [6.45, 7) is 4.77. The summed E-state index contributed by atoms with van der Waals surface area (Å²) in [7, 11) is 0. The van der Waals surface area contributed by atoms with Crippen molar-refractivity contribution in [1.82, 2.24) is 15.6 Å². The van der Waals surface area contributed by atoms with E-state index in [2.05, 4.69) is 15.6 Å². The Bertz CT molecular complexity index is 829. The maximum Gasteiger partial charge on any atom is 0.252 e. The molecule has 1 fully saturated rings. The molecule has 2 atom stereocenters. The molecule has 0 bridgehead atoms. The number of ether oxygens (including phenoxy) is 3. The van der Waals surface area contributed by atoms with Crippen molar-refractivity contribution in [3.63, 3.8) is 0 Å². The number of rotatable bonds is 6. The molecule has 1 aromatic carbocycles. The van der Waals surface area contributed by atoms with E-state index in [1.54, 1.807) is 42.6 Å². The summed E-state index contributed by atoms with van der Waals surface area (Å²) in [4.78, 5) is 28.8. The number of hydrogen-bond acceptors (Lipinski definition) is 6. The summed E-state index contributed by atoms with van der Waals surface area (Å²) in [6.07, 6.45) is 2.11. The lowest BCUT2D eigenvalue weighted by Crippen LogP contribution is -2.52. The van der Waals surface area contributed by atoms with Crippen molar-refractivity contribution in [2.45, 2.75) is 31.8 Å². The lowest BCUT2D eigenvalue weighted by atomic mass is 10.1. The van der Waals surface area contributed by atoms with Crippen LogP contribution in [0.2, 0.25) is 0 Å². The van der Waals surface area contributed by atoms with Crippen LogP contribution in [-0.4, -0.2) is 61.1 Å². The molecule has 0 saturated carbocycles. The Labute approximate surface area is 175 Å². The van der Waals surface area contributed by atoms with Gasteiger partial charge in [-0.2, -0.15) is 0 Å². The first-order valence-corrected chi connectivity index (χ1v) is 9.89. The van der Waals surface area contributed by atoms with Gasteiger partial charge in [0.05, 0.1) is 18.8 Å². The normalized spacial score (nSPS) is 21.1. The number of carbonyl (C=O) groups excluding carboxylic acids is 2. The van der Waals surface area contributed by atoms with E-state index in [9.17, 15) is 9.59 Å². The van der Waals surface area contributed by atoms with Crippen molar-refractivity contribution < 1.29 is 23.8 Å². The lowest BCUT2D eigenvalue weighted by molar-refractivity contribution is -0.277. The van der Waals surface area contributed by atoms with Gasteiger partial charge in [-0.1, -0.05) is 18.2 Å². The summed E-state index contributed by atoms with van der Waals surface area (Å²) in [5.41, 5.74) is 1.02. The molecular weight excluding hydrogens is 386 g/mol. The standard InChI is InChI=1S/C22H27N3O5/c1-22(2)29-12-11-28-18(14-24-21(27)17-9-6-10-23-13-17)19(30-22)15-25-20(26)16-7-4-3-5-8-16/h3-10,13,18-19H,11-12,14-15H2,1-2H3,(H,24,27)(H,25,26)/t18-,19+/m1/s1. The molecule has 30 heavy (non-hydrogen) atoms. The molecule has 1 aromatic heterocycles. The minimum atomic E-state index is -0.850. The van der Waals surface area contributed by atoms with Gasteiger partial charge in [0.1, 0.15) is 12.2 Å². The average molecular weight is 413 g/mol. The molecule has 1 aliphatic rings. The lowest BCUT2D eigenvalue weighted by Gasteiger charge is -2.37. The molecule has 2 aromatic rings. The fraction of sp³-hybridized carbons (Fsp3) is 0.409. The number of benzene rings is 1. The van der Waals surface area contributed by atoms with Gasteiger partial charge in [-0.25, -0.2) is 0 Å². The first-order valence-electron chi connectivity index (χ1n) is 9.89. The molecule has 0 unspecified atom stereocenters. The van der Waals surface area contributed by atoms with E-state index in [1.807, 2.05) is 19.9 Å². The zero-order valence-corrected chi connectivity index (χ0v) is 17.2. The number of aromatic nitrogens is 1. The Kier molecular flexibility index (Phi) is 7.51. The zero-order chi connectivity index (χ0) is 21.4. The molecular formula is C22H27N3O5. The average Bonchev–Trinajstić information content (AvgIpc) is 2.76. The van der Waals surface area contributed by atoms with Crippen LogP contribution in [0.1, 0.15) is 34.6 Å². The monoisotopic (exact) mass is 413 g/mol. The minimum absolute atomic E-state index is 0.202. The van der Waals surface area contributed by atoms with Gasteiger partial charge in [-0.3, -0.25) is 14.6 Å². The van der Waals surface area contributed by atoms with Gasteiger partial charge in [-0.05, 0) is 38.1 Å². The summed E-state index contributed by atoms with van der Waals surface area (Å²) in [5.74, 6) is -1.31. The van der Waals surface area contributed by atoms with Gasteiger partial charge < -0.3 is 24.8 Å². The second-order valence-corrected chi connectivity index (χ2v) is 7.34. The first-order chi connectivity index (χ1) is 14.4. The second-order valence-electron chi connectivity index (χ2n) is 7.34. The van der Waals surface area contributed by atoms with Crippen LogP contribution >= 0.6 is 0 Å². The largest absolute Gasteiger partial charge is 0.371 e. The van der Waals surface area contributed by atoms with E-state index in [1.165, 1.54) is 6.20 Å². The highest BCUT2D eigenvalue weighted by molar-refractivity contribution is 5.94. The molecule has 0 radical (unpaired) electrons. The van der Waals surface area contributed by atoms with Crippen LogP contribution in [-0.2, 0) is 14.2 Å². The number of hydrogen-bond donors (Lipinski definition) is 2. The fourth-order valence-corrected chi connectivity index (χ4v) is 3.11. The molecule has 1 aliphatic heterocycles. The van der Waals surface area contributed by atoms with Crippen molar-refractivity contribution in [2.24, 2.45) is 0 Å². The van der Waals surface area contributed by atoms with Gasteiger partial charge in [0.2, 0.25) is 0 Å². The SMILES string of the molecule is CC1(C)OCCO[C@H](CNC(=O)c2cccnc2)[C@H](CNC(=O)c2ccccc2)O1. The summed E-state index contributed by atoms with van der Waals surface area (Å²) in [6, 6.07) is 12.3. The van der Waals surface area contributed by atoms with E-state index in [-0.39, 0.29) is 24.9 Å². The van der Waals surface area contributed by atoms with Crippen LogP contribution in [0, 0.1) is 0 Å². The Balaban J connectivity index is 1.65. The predicted octanol–water partition coefficient (Wildman–Crippen LogP) is 1.78. The Morgan fingerprint density at radius 2 is 1.63 bits per heavy atom. The van der Waals surface area contributed by atoms with Gasteiger partial charge in [0.25, 0.3) is 11.8 Å². The summed E-state index contributed by atoms with van der Waals surface area (Å²) in [5, 5.41) is 5.74. The molecule has 2 amide bonds. The van der Waals surface area contributed by atoms with E-state index in [4.69, 9.17) is 14.2 Å². The Hall–Kier alpha value is -2.81. The van der Waals surface area contributed by atoms with Crippen LogP contribution in [0.3, 0.4) is 0 Å². The Morgan fingerprint density at radius 1 is 0.967 bits per heavy atom. The van der Waals surface area contributed by atoms with Gasteiger partial charge in [0, 0.05) is 31.0 Å². The number of amides is 2. The molecule has 8 nitrogen and oxygen atoms in total. The molecule has 2 heterocycles. The molecule has 0 spiro atoms. The molecule has 3 rings (SSSR count). The van der Waals surface area contributed by atoms with Crippen molar-refractivity contribution in [1.29, 1.82) is 0 Å². The topological polar surface area (TPSA) is 98.8 Å². The number of pyridine rings is 1. The van der Waals surface area contributed by atoms with E-state index < -0.39 is 18.0 Å². The second kappa shape index (κ2) is 10.3. The third-order valence-corrected chi connectivity index (χ3v) is 4.60. The summed E-state index contributed by atoms with van der Waals surface area (Å²) >= 11 is 0. The highest BCUT2D eigenvalue weighted by atomic mass is 16.7. The molecule has 0 aliphatic carbocycles. The molecule has 8 heteroatoms. The first kappa shape index (κ1) is 21.9. The van der Waals surface area contributed by atoms with Gasteiger partial charge in [0.15, 0.2) is 5.79 Å². The Morgan fingerprint density at radius 3 is 2.33 bits per heavy atom. The van der Waals surface area contributed by atoms with Crippen LogP contribution in [0.5, 0.6) is 0 Å². The highest BCUT2D eigenvalue weighted by Crippen LogP contribution is 2.20. The number of nitrogens with one attached hydrogen (secondary N) is 2. The molecule has 160 valence electrons. The smallest absolute Gasteiger partial charge is 0.252 e. The zero-order valence-electron chi connectivity index (χ0n) is 17.2. The van der Waals surface area contributed by atoms with Gasteiger partial charge >= 0.3 is 0 Å². The van der Waals surface area contributed by atoms with Crippen LogP contribution < -0.4 is 10.6 Å². The van der Waals surface area contributed by atoms with Crippen molar-refractivity contribution in [3.8, 4) is 0 Å². The summed E-state index contributed by atoms with van der Waals surface area (Å²) < 4.78 is 17.7. The highest BCUT2D eigenvalue weighted by Gasteiger charge is 2.33. The van der Waals surface area contributed by atoms with E-state index in [0.717, 1.165) is 0 Å². The van der Waals surface area contributed by atoms with Crippen LogP contribution in [0.15, 0.2) is 54.9 Å². The van der Waals surface area contributed by atoms with E-state index in [0.29, 0.717) is 24.3 Å². The van der Waals surface area contributed by atoms with Gasteiger partial charge in [-0.15, -0.1) is 0 Å². The third-order valence-electron chi connectivity index (χ3n) is 4.60. The minimum Gasteiger partial charge on any atom is -0.371 e. The molecule has 2 N–H and O–H groups in total. The maximum absolute atomic E-state index is 12.4.